The van der Waals surface area contributed by atoms with Crippen LogP contribution in [0, 0.1) is 0 Å². The van der Waals surface area contributed by atoms with E-state index in [-0.39, 0.29) is 0 Å². The van der Waals surface area contributed by atoms with Gasteiger partial charge in [-0.1, -0.05) is 0 Å². The average molecular weight is 90.1 g/mol. The molecule has 38 valence electrons. The summed E-state index contributed by atoms with van der Waals surface area (Å²) in [6.07, 6.45) is -1.19. The molecule has 0 aromatic carbocycles. The predicted molar refractivity (Wildman–Crippen MR) is 23.4 cm³/mol. The molecule has 0 aliphatic rings. The van der Waals surface area contributed by atoms with Crippen molar-refractivity contribution in [3.05, 3.63) is 0 Å². The Kier molecular flexibility index (Phi) is 2.13. The molecule has 0 aromatic rings. The highest BCUT2D eigenvalue weighted by atomic mass is 16.3. The molecule has 6 heavy (non-hydrogen) atoms. The van der Waals surface area contributed by atoms with Gasteiger partial charge >= 0.3 is 0 Å². The van der Waals surface area contributed by atoms with E-state index in [4.69, 9.17) is 10.2 Å². The molecule has 2 heteroatoms. The quantitative estimate of drug-likeness (QED) is 0.466. The molecule has 0 fully saturated rings. The van der Waals surface area contributed by atoms with E-state index in [1.807, 2.05) is 0 Å². The number of aliphatic hydroxyl groups excluding tert-OH is 2. The Labute approximate surface area is 37.4 Å². The van der Waals surface area contributed by atoms with E-state index in [9.17, 15) is 0 Å². The number of hydrogen-bond donors (Lipinski definition) is 2. The normalized spacial score (nSPS) is 20.0. The van der Waals surface area contributed by atoms with Gasteiger partial charge in [-0.3, -0.25) is 0 Å². The maximum absolute atomic E-state index is 8.38. The molecule has 0 bridgehead atoms. The van der Waals surface area contributed by atoms with Crippen LogP contribution in [0.3, 0.4) is 0 Å². The van der Waals surface area contributed by atoms with Gasteiger partial charge in [0, 0.05) is 0 Å². The highest BCUT2D eigenvalue weighted by Gasteiger charge is 1.99. The number of rotatable bonds is 1. The second-order valence-electron chi connectivity index (χ2n) is 1.48. The molecule has 0 aliphatic carbocycles. The van der Waals surface area contributed by atoms with Crippen molar-refractivity contribution in [2.24, 2.45) is 0 Å². The summed E-state index contributed by atoms with van der Waals surface area (Å²) in [5.74, 6) is 0. The highest BCUT2D eigenvalue weighted by Crippen LogP contribution is 1.85. The summed E-state index contributed by atoms with van der Waals surface area (Å²) in [5.41, 5.74) is 0. The van der Waals surface area contributed by atoms with Crippen molar-refractivity contribution in [2.45, 2.75) is 26.1 Å². The fourth-order valence-electron chi connectivity index (χ4n) is 0. The van der Waals surface area contributed by atoms with Crippen molar-refractivity contribution in [1.82, 2.24) is 0 Å². The summed E-state index contributed by atoms with van der Waals surface area (Å²) in [6.45, 7) is 3.09. The predicted octanol–water partition coefficient (Wildman–Crippen LogP) is -0.252. The van der Waals surface area contributed by atoms with Crippen LogP contribution >= 0.6 is 0 Å². The van der Waals surface area contributed by atoms with Crippen molar-refractivity contribution in [3.8, 4) is 0 Å². The van der Waals surface area contributed by atoms with Gasteiger partial charge < -0.3 is 10.2 Å². The van der Waals surface area contributed by atoms with Crippen molar-refractivity contribution < 1.29 is 10.2 Å². The first kappa shape index (κ1) is 5.92. The van der Waals surface area contributed by atoms with Crippen molar-refractivity contribution in [1.29, 1.82) is 0 Å². The van der Waals surface area contributed by atoms with E-state index in [1.165, 1.54) is 0 Å². The van der Waals surface area contributed by atoms with Crippen LogP contribution in [0.1, 0.15) is 13.8 Å². The fourth-order valence-corrected chi connectivity index (χ4v) is 0. The minimum absolute atomic E-state index is 0.593. The van der Waals surface area contributed by atoms with Crippen molar-refractivity contribution in [3.63, 3.8) is 0 Å². The van der Waals surface area contributed by atoms with Crippen LogP contribution in [0.5, 0.6) is 0 Å². The molecule has 0 radical (unpaired) electrons. The van der Waals surface area contributed by atoms with Gasteiger partial charge in [0.25, 0.3) is 0 Å². The van der Waals surface area contributed by atoms with E-state index >= 15 is 0 Å². The van der Waals surface area contributed by atoms with Crippen LogP contribution in [0.25, 0.3) is 0 Å². The Morgan fingerprint density at radius 3 is 1.17 bits per heavy atom. The molecule has 2 N–H and O–H groups in total. The maximum atomic E-state index is 8.38. The Morgan fingerprint density at radius 2 is 1.17 bits per heavy atom. The van der Waals surface area contributed by atoms with Gasteiger partial charge in [0.1, 0.15) is 0 Å². The van der Waals surface area contributed by atoms with Gasteiger partial charge in [-0.05, 0) is 13.8 Å². The number of aliphatic hydroxyl groups is 2. The Morgan fingerprint density at radius 1 is 1.00 bits per heavy atom. The van der Waals surface area contributed by atoms with Gasteiger partial charge in [-0.25, -0.2) is 0 Å². The van der Waals surface area contributed by atoms with Gasteiger partial charge in [-0.2, -0.15) is 0 Å². The fraction of sp³-hybridized carbons (Fsp3) is 1.00. The van der Waals surface area contributed by atoms with Crippen LogP contribution in [0.15, 0.2) is 0 Å². The highest BCUT2D eigenvalue weighted by molar-refractivity contribution is 4.50. The average Bonchev–Trinajstić information content (AvgIpc) is 1.36. The molecular formula is C4H10O2. The zero-order valence-corrected chi connectivity index (χ0v) is 4.05. The summed E-state index contributed by atoms with van der Waals surface area (Å²) < 4.78 is 0. The second kappa shape index (κ2) is 2.16. The number of hydrogen-bond acceptors (Lipinski definition) is 2. The minimum atomic E-state index is -0.593. The minimum Gasteiger partial charge on any atom is -0.391 e. The molecule has 0 amide bonds. The summed E-state index contributed by atoms with van der Waals surface area (Å²) in [6, 6.07) is 0. The lowest BCUT2D eigenvalue weighted by atomic mass is 10.3. The standard InChI is InChI=1S/C4H10O2/c1-3(5)4(2)6/h3-6H,1-2H3/t3-,4+. The summed E-state index contributed by atoms with van der Waals surface area (Å²) in [7, 11) is 0. The van der Waals surface area contributed by atoms with E-state index in [0.29, 0.717) is 0 Å². The lowest BCUT2D eigenvalue weighted by molar-refractivity contribution is 0.0438. The van der Waals surface area contributed by atoms with Crippen LogP contribution in [-0.4, -0.2) is 22.4 Å². The van der Waals surface area contributed by atoms with Crippen molar-refractivity contribution in [2.75, 3.05) is 0 Å². The van der Waals surface area contributed by atoms with Crippen LogP contribution in [0.2, 0.25) is 0 Å². The molecular weight excluding hydrogens is 80.0 g/mol. The Hall–Kier alpha value is -0.0800. The smallest absolute Gasteiger partial charge is 0.0768 e. The maximum Gasteiger partial charge on any atom is 0.0768 e. The molecule has 2 nitrogen and oxygen atoms in total. The Bertz CT molecular complexity index is 26.5. The summed E-state index contributed by atoms with van der Waals surface area (Å²) >= 11 is 0. The molecule has 0 rings (SSSR count). The molecule has 0 spiro atoms. The van der Waals surface area contributed by atoms with Gasteiger partial charge in [0.2, 0.25) is 0 Å². The molecule has 0 aromatic heterocycles. The first-order valence-corrected chi connectivity index (χ1v) is 2.00. The molecule has 0 heterocycles. The van der Waals surface area contributed by atoms with Crippen LogP contribution in [0.4, 0.5) is 0 Å². The SMILES string of the molecule is C[C@H](O)[C@@H](C)O. The monoisotopic (exact) mass is 90.1 g/mol. The molecule has 2 atom stereocenters. The topological polar surface area (TPSA) is 40.5 Å². The first-order chi connectivity index (χ1) is 2.64. The zero-order chi connectivity index (χ0) is 5.15. The van der Waals surface area contributed by atoms with E-state index in [1.54, 1.807) is 13.8 Å². The first-order valence-electron chi connectivity index (χ1n) is 2.00. The zero-order valence-electron chi connectivity index (χ0n) is 4.05. The van der Waals surface area contributed by atoms with Gasteiger partial charge in [0.15, 0.2) is 0 Å². The molecule has 0 saturated heterocycles. The van der Waals surface area contributed by atoms with E-state index < -0.39 is 12.2 Å². The van der Waals surface area contributed by atoms with E-state index in [0.717, 1.165) is 0 Å². The molecule has 0 saturated carbocycles. The third-order valence-electron chi connectivity index (χ3n) is 0.698. The van der Waals surface area contributed by atoms with Crippen LogP contribution < -0.4 is 0 Å². The third kappa shape index (κ3) is 2.18. The Balaban J connectivity index is 2.99. The largest absolute Gasteiger partial charge is 0.391 e. The lowest BCUT2D eigenvalue weighted by Gasteiger charge is -2.03. The molecule has 0 unspecified atom stereocenters. The molecule has 0 aliphatic heterocycles. The lowest BCUT2D eigenvalue weighted by Crippen LogP contribution is -2.17. The summed E-state index contributed by atoms with van der Waals surface area (Å²) in [5, 5.41) is 16.8. The van der Waals surface area contributed by atoms with E-state index in [2.05, 4.69) is 0 Å². The second-order valence-corrected chi connectivity index (χ2v) is 1.48. The third-order valence-corrected chi connectivity index (χ3v) is 0.698. The van der Waals surface area contributed by atoms with Gasteiger partial charge in [0.05, 0.1) is 12.2 Å². The van der Waals surface area contributed by atoms with Crippen molar-refractivity contribution >= 4 is 0 Å². The van der Waals surface area contributed by atoms with Crippen LogP contribution in [-0.2, 0) is 0 Å². The summed E-state index contributed by atoms with van der Waals surface area (Å²) in [4.78, 5) is 0. The van der Waals surface area contributed by atoms with Gasteiger partial charge in [-0.15, -0.1) is 0 Å².